The summed E-state index contributed by atoms with van der Waals surface area (Å²) in [7, 11) is 0. The van der Waals surface area contributed by atoms with Crippen LogP contribution in [0.25, 0.3) is 0 Å². The summed E-state index contributed by atoms with van der Waals surface area (Å²) in [5, 5.41) is 7.03. The number of carbonyl (C=O) groups is 1. The highest BCUT2D eigenvalue weighted by atomic mass is 35.5. The molecule has 0 atom stereocenters. The lowest BCUT2D eigenvalue weighted by molar-refractivity contribution is 0.0950. The SMILES string of the molecule is O=C(NCc1ccncc1)c1cncc(Nc2cc(Cl)cc(Cl)c2)c1. The number of pyridine rings is 2. The second kappa shape index (κ2) is 7.96. The van der Waals surface area contributed by atoms with Crippen molar-refractivity contribution in [2.45, 2.75) is 6.54 Å². The van der Waals surface area contributed by atoms with Crippen LogP contribution >= 0.6 is 23.2 Å². The minimum absolute atomic E-state index is 0.211. The molecule has 0 aliphatic carbocycles. The second-order valence-corrected chi connectivity index (χ2v) is 6.16. The van der Waals surface area contributed by atoms with Gasteiger partial charge in [0.25, 0.3) is 5.91 Å². The van der Waals surface area contributed by atoms with Crippen LogP contribution in [0.2, 0.25) is 10.0 Å². The first-order chi connectivity index (χ1) is 12.1. The third-order valence-electron chi connectivity index (χ3n) is 3.35. The van der Waals surface area contributed by atoms with Gasteiger partial charge in [-0.05, 0) is 42.0 Å². The zero-order valence-corrected chi connectivity index (χ0v) is 14.6. The molecule has 25 heavy (non-hydrogen) atoms. The van der Waals surface area contributed by atoms with Crippen LogP contribution in [-0.4, -0.2) is 15.9 Å². The van der Waals surface area contributed by atoms with E-state index in [1.54, 1.807) is 42.9 Å². The lowest BCUT2D eigenvalue weighted by Crippen LogP contribution is -2.23. The maximum atomic E-state index is 12.3. The predicted octanol–water partition coefficient (Wildman–Crippen LogP) is 4.46. The van der Waals surface area contributed by atoms with Crippen molar-refractivity contribution in [2.24, 2.45) is 0 Å². The van der Waals surface area contributed by atoms with E-state index in [1.807, 2.05) is 12.1 Å². The molecule has 0 unspecified atom stereocenters. The first-order valence-electron chi connectivity index (χ1n) is 7.45. The Hall–Kier alpha value is -2.63. The number of nitrogens with zero attached hydrogens (tertiary/aromatic N) is 2. The largest absolute Gasteiger partial charge is 0.354 e. The fourth-order valence-corrected chi connectivity index (χ4v) is 2.74. The van der Waals surface area contributed by atoms with Gasteiger partial charge in [0, 0.05) is 40.9 Å². The highest BCUT2D eigenvalue weighted by molar-refractivity contribution is 6.35. The van der Waals surface area contributed by atoms with Crippen LogP contribution in [0.3, 0.4) is 0 Å². The van der Waals surface area contributed by atoms with Crippen LogP contribution in [0.5, 0.6) is 0 Å². The summed E-state index contributed by atoms with van der Waals surface area (Å²) in [6, 6.07) is 10.5. The van der Waals surface area contributed by atoms with Crippen LogP contribution in [0.4, 0.5) is 11.4 Å². The van der Waals surface area contributed by atoms with Crippen LogP contribution in [0, 0.1) is 0 Å². The van der Waals surface area contributed by atoms with Crippen molar-refractivity contribution in [2.75, 3.05) is 5.32 Å². The Kier molecular flexibility index (Phi) is 5.48. The zero-order chi connectivity index (χ0) is 17.6. The molecule has 1 aromatic carbocycles. The Balaban J connectivity index is 1.69. The van der Waals surface area contributed by atoms with E-state index in [1.165, 1.54) is 6.20 Å². The molecule has 2 N–H and O–H groups in total. The Morgan fingerprint density at radius 2 is 1.64 bits per heavy atom. The standard InChI is InChI=1S/C18H14Cl2N4O/c19-14-6-15(20)8-16(7-14)24-17-5-13(10-22-11-17)18(25)23-9-12-1-3-21-4-2-12/h1-8,10-11,24H,9H2,(H,23,25). The summed E-state index contributed by atoms with van der Waals surface area (Å²) in [5.41, 5.74) is 2.80. The average Bonchev–Trinajstić information content (AvgIpc) is 2.60. The lowest BCUT2D eigenvalue weighted by Gasteiger charge is -2.09. The summed E-state index contributed by atoms with van der Waals surface area (Å²) in [5.74, 6) is -0.211. The van der Waals surface area contributed by atoms with Gasteiger partial charge < -0.3 is 10.6 Å². The Labute approximate surface area is 155 Å². The van der Waals surface area contributed by atoms with Crippen molar-refractivity contribution in [3.8, 4) is 0 Å². The van der Waals surface area contributed by atoms with Gasteiger partial charge in [-0.3, -0.25) is 14.8 Å². The first-order valence-corrected chi connectivity index (χ1v) is 8.21. The molecule has 0 spiro atoms. The quantitative estimate of drug-likeness (QED) is 0.693. The predicted molar refractivity (Wildman–Crippen MR) is 99.4 cm³/mol. The third-order valence-corrected chi connectivity index (χ3v) is 3.79. The summed E-state index contributed by atoms with van der Waals surface area (Å²) >= 11 is 12.0. The summed E-state index contributed by atoms with van der Waals surface area (Å²) in [6.07, 6.45) is 6.50. The minimum atomic E-state index is -0.211. The molecule has 7 heteroatoms. The van der Waals surface area contributed by atoms with Crippen molar-refractivity contribution in [3.05, 3.63) is 82.4 Å². The molecule has 0 aliphatic heterocycles. The third kappa shape index (κ3) is 4.92. The van der Waals surface area contributed by atoms with Crippen molar-refractivity contribution < 1.29 is 4.79 Å². The van der Waals surface area contributed by atoms with Crippen molar-refractivity contribution >= 4 is 40.5 Å². The molecule has 0 saturated heterocycles. The molecule has 3 aromatic rings. The van der Waals surface area contributed by atoms with Crippen LogP contribution in [0.15, 0.2) is 61.2 Å². The fraction of sp³-hybridized carbons (Fsp3) is 0.0556. The molecule has 2 heterocycles. The van der Waals surface area contributed by atoms with Gasteiger partial charge >= 0.3 is 0 Å². The Bertz CT molecular complexity index is 867. The molecule has 3 rings (SSSR count). The van der Waals surface area contributed by atoms with E-state index in [2.05, 4.69) is 20.6 Å². The molecule has 0 bridgehead atoms. The summed E-state index contributed by atoms with van der Waals surface area (Å²) in [4.78, 5) is 20.3. The van der Waals surface area contributed by atoms with Crippen molar-refractivity contribution in [1.82, 2.24) is 15.3 Å². The van der Waals surface area contributed by atoms with E-state index >= 15 is 0 Å². The summed E-state index contributed by atoms with van der Waals surface area (Å²) < 4.78 is 0. The normalized spacial score (nSPS) is 10.3. The molecule has 0 radical (unpaired) electrons. The number of amides is 1. The minimum Gasteiger partial charge on any atom is -0.354 e. The van der Waals surface area contributed by atoms with E-state index in [-0.39, 0.29) is 5.91 Å². The van der Waals surface area contributed by atoms with Gasteiger partial charge in [-0.1, -0.05) is 23.2 Å². The molecule has 0 aliphatic rings. The first kappa shape index (κ1) is 17.2. The number of hydrogen-bond donors (Lipinski definition) is 2. The highest BCUT2D eigenvalue weighted by Gasteiger charge is 2.07. The number of aromatic nitrogens is 2. The monoisotopic (exact) mass is 372 g/mol. The van der Waals surface area contributed by atoms with Gasteiger partial charge in [0.15, 0.2) is 0 Å². The molecule has 5 nitrogen and oxygen atoms in total. The Morgan fingerprint density at radius 1 is 0.920 bits per heavy atom. The van der Waals surface area contributed by atoms with E-state index in [0.717, 1.165) is 5.56 Å². The topological polar surface area (TPSA) is 66.9 Å². The number of nitrogens with one attached hydrogen (secondary N) is 2. The smallest absolute Gasteiger partial charge is 0.253 e. The number of carbonyl (C=O) groups excluding carboxylic acids is 1. The highest BCUT2D eigenvalue weighted by Crippen LogP contribution is 2.25. The van der Waals surface area contributed by atoms with Crippen LogP contribution < -0.4 is 10.6 Å². The van der Waals surface area contributed by atoms with Gasteiger partial charge in [-0.25, -0.2) is 0 Å². The van der Waals surface area contributed by atoms with E-state index in [0.29, 0.717) is 33.5 Å². The number of halogens is 2. The van der Waals surface area contributed by atoms with Gasteiger partial charge in [0.05, 0.1) is 17.4 Å². The van der Waals surface area contributed by atoms with Crippen LogP contribution in [-0.2, 0) is 6.54 Å². The molecular formula is C18H14Cl2N4O. The average molecular weight is 373 g/mol. The van der Waals surface area contributed by atoms with E-state index < -0.39 is 0 Å². The lowest BCUT2D eigenvalue weighted by atomic mass is 10.2. The molecule has 0 saturated carbocycles. The number of hydrogen-bond acceptors (Lipinski definition) is 4. The number of anilines is 2. The number of benzene rings is 1. The second-order valence-electron chi connectivity index (χ2n) is 5.28. The number of rotatable bonds is 5. The van der Waals surface area contributed by atoms with Crippen molar-refractivity contribution in [3.63, 3.8) is 0 Å². The van der Waals surface area contributed by atoms with Gasteiger partial charge in [-0.2, -0.15) is 0 Å². The van der Waals surface area contributed by atoms with Crippen LogP contribution in [0.1, 0.15) is 15.9 Å². The molecule has 2 aromatic heterocycles. The molecule has 0 fully saturated rings. The summed E-state index contributed by atoms with van der Waals surface area (Å²) in [6.45, 7) is 0.420. The molecular weight excluding hydrogens is 359 g/mol. The van der Waals surface area contributed by atoms with Gasteiger partial charge in [0.1, 0.15) is 0 Å². The Morgan fingerprint density at radius 3 is 2.36 bits per heavy atom. The maximum Gasteiger partial charge on any atom is 0.253 e. The van der Waals surface area contributed by atoms with Crippen molar-refractivity contribution in [1.29, 1.82) is 0 Å². The van der Waals surface area contributed by atoms with E-state index in [4.69, 9.17) is 23.2 Å². The fourth-order valence-electron chi connectivity index (χ4n) is 2.21. The van der Waals surface area contributed by atoms with E-state index in [9.17, 15) is 4.79 Å². The molecule has 1 amide bonds. The zero-order valence-electron chi connectivity index (χ0n) is 13.0. The van der Waals surface area contributed by atoms with Gasteiger partial charge in [0.2, 0.25) is 0 Å². The molecule has 126 valence electrons. The van der Waals surface area contributed by atoms with Gasteiger partial charge in [-0.15, -0.1) is 0 Å². The maximum absolute atomic E-state index is 12.3.